The summed E-state index contributed by atoms with van der Waals surface area (Å²) in [4.78, 5) is 6.85. The standard InChI is InChI=1S/C16H25N3/c1-12-6-7-17-10-13(12)11-18-14-8-15-4-3-5-16(9-14)19(15)2/h6-7,10,14-16,18H,3-5,8-9,11H2,1-2H3. The number of pyridine rings is 1. The maximum Gasteiger partial charge on any atom is 0.0315 e. The highest BCUT2D eigenvalue weighted by atomic mass is 15.2. The van der Waals surface area contributed by atoms with E-state index in [0.717, 1.165) is 18.6 Å². The van der Waals surface area contributed by atoms with Crippen LogP contribution in [0.2, 0.25) is 0 Å². The number of nitrogens with one attached hydrogen (secondary N) is 1. The van der Waals surface area contributed by atoms with E-state index in [1.807, 2.05) is 12.4 Å². The third-order valence-electron chi connectivity index (χ3n) is 5.07. The molecule has 2 unspecified atom stereocenters. The highest BCUT2D eigenvalue weighted by Crippen LogP contribution is 2.32. The Morgan fingerprint density at radius 2 is 2.05 bits per heavy atom. The van der Waals surface area contributed by atoms with Gasteiger partial charge in [-0.25, -0.2) is 0 Å². The van der Waals surface area contributed by atoms with Gasteiger partial charge in [-0.05, 0) is 56.8 Å². The van der Waals surface area contributed by atoms with Crippen molar-refractivity contribution in [2.75, 3.05) is 7.05 Å². The molecule has 19 heavy (non-hydrogen) atoms. The summed E-state index contributed by atoms with van der Waals surface area (Å²) in [7, 11) is 2.32. The minimum Gasteiger partial charge on any atom is -0.310 e. The molecule has 3 heteroatoms. The minimum absolute atomic E-state index is 0.686. The lowest BCUT2D eigenvalue weighted by Gasteiger charge is -2.47. The molecule has 2 bridgehead atoms. The second kappa shape index (κ2) is 5.59. The number of hydrogen-bond acceptors (Lipinski definition) is 3. The van der Waals surface area contributed by atoms with Crippen molar-refractivity contribution in [2.24, 2.45) is 0 Å². The van der Waals surface area contributed by atoms with E-state index in [1.54, 1.807) is 0 Å². The second-order valence-corrected chi connectivity index (χ2v) is 6.26. The summed E-state index contributed by atoms with van der Waals surface area (Å²) in [6.07, 6.45) is 10.7. The third-order valence-corrected chi connectivity index (χ3v) is 5.07. The van der Waals surface area contributed by atoms with Gasteiger partial charge in [-0.1, -0.05) is 6.42 Å². The number of nitrogens with zero attached hydrogens (tertiary/aromatic N) is 2. The summed E-state index contributed by atoms with van der Waals surface area (Å²) in [6.45, 7) is 3.13. The van der Waals surface area contributed by atoms with E-state index in [9.17, 15) is 0 Å². The molecule has 0 saturated carbocycles. The largest absolute Gasteiger partial charge is 0.310 e. The Morgan fingerprint density at radius 3 is 2.74 bits per heavy atom. The molecule has 2 saturated heterocycles. The van der Waals surface area contributed by atoms with Crippen LogP contribution in [0.4, 0.5) is 0 Å². The number of piperidine rings is 2. The van der Waals surface area contributed by atoms with E-state index in [4.69, 9.17) is 0 Å². The average Bonchev–Trinajstić information content (AvgIpc) is 2.38. The first-order chi connectivity index (χ1) is 9.24. The van der Waals surface area contributed by atoms with Crippen LogP contribution < -0.4 is 5.32 Å². The van der Waals surface area contributed by atoms with Crippen molar-refractivity contribution in [3.8, 4) is 0 Å². The lowest BCUT2D eigenvalue weighted by molar-refractivity contribution is 0.0482. The molecule has 1 aromatic heterocycles. The maximum atomic E-state index is 4.23. The predicted molar refractivity (Wildman–Crippen MR) is 78.0 cm³/mol. The second-order valence-electron chi connectivity index (χ2n) is 6.26. The normalized spacial score (nSPS) is 31.4. The van der Waals surface area contributed by atoms with Crippen LogP contribution in [-0.4, -0.2) is 35.1 Å². The van der Waals surface area contributed by atoms with Crippen LogP contribution >= 0.6 is 0 Å². The minimum atomic E-state index is 0.686. The van der Waals surface area contributed by atoms with E-state index in [-0.39, 0.29) is 0 Å². The number of rotatable bonds is 3. The van der Waals surface area contributed by atoms with Gasteiger partial charge in [0.05, 0.1) is 0 Å². The van der Waals surface area contributed by atoms with E-state index in [1.165, 1.54) is 43.2 Å². The van der Waals surface area contributed by atoms with Crippen molar-refractivity contribution < 1.29 is 0 Å². The summed E-state index contributed by atoms with van der Waals surface area (Å²) in [5.74, 6) is 0. The van der Waals surface area contributed by atoms with Crippen LogP contribution in [0.5, 0.6) is 0 Å². The Hall–Kier alpha value is -0.930. The molecule has 3 heterocycles. The van der Waals surface area contributed by atoms with Gasteiger partial charge in [0.15, 0.2) is 0 Å². The van der Waals surface area contributed by atoms with Gasteiger partial charge in [0.1, 0.15) is 0 Å². The summed E-state index contributed by atoms with van der Waals surface area (Å²) in [5, 5.41) is 3.76. The predicted octanol–water partition coefficient (Wildman–Crippen LogP) is 2.49. The van der Waals surface area contributed by atoms with Crippen LogP contribution in [0.25, 0.3) is 0 Å². The van der Waals surface area contributed by atoms with Crippen molar-refractivity contribution in [1.82, 2.24) is 15.2 Å². The van der Waals surface area contributed by atoms with Crippen molar-refractivity contribution in [3.63, 3.8) is 0 Å². The fourth-order valence-electron chi connectivity index (χ4n) is 3.72. The van der Waals surface area contributed by atoms with Gasteiger partial charge in [0, 0.05) is 37.1 Å². The number of aryl methyl sites for hydroxylation is 1. The van der Waals surface area contributed by atoms with Crippen LogP contribution in [0.15, 0.2) is 18.5 Å². The highest BCUT2D eigenvalue weighted by Gasteiger charge is 2.35. The Morgan fingerprint density at radius 1 is 1.32 bits per heavy atom. The summed E-state index contributed by atoms with van der Waals surface area (Å²) >= 11 is 0. The number of fused-ring (bicyclic) bond motifs is 2. The summed E-state index contributed by atoms with van der Waals surface area (Å²) in [5.41, 5.74) is 2.68. The van der Waals surface area contributed by atoms with Crippen LogP contribution in [0.3, 0.4) is 0 Å². The van der Waals surface area contributed by atoms with E-state index in [0.29, 0.717) is 6.04 Å². The Kier molecular flexibility index (Phi) is 3.85. The molecule has 0 aliphatic carbocycles. The van der Waals surface area contributed by atoms with Crippen molar-refractivity contribution >= 4 is 0 Å². The molecule has 0 radical (unpaired) electrons. The molecular formula is C16H25N3. The average molecular weight is 259 g/mol. The third kappa shape index (κ3) is 2.82. The lowest BCUT2D eigenvalue weighted by atomic mass is 9.82. The maximum absolute atomic E-state index is 4.23. The van der Waals surface area contributed by atoms with Crippen molar-refractivity contribution in [3.05, 3.63) is 29.6 Å². The lowest BCUT2D eigenvalue weighted by Crippen LogP contribution is -2.54. The zero-order valence-corrected chi connectivity index (χ0v) is 12.1. The molecule has 1 aromatic rings. The Labute approximate surface area is 116 Å². The summed E-state index contributed by atoms with van der Waals surface area (Å²) < 4.78 is 0. The molecule has 0 aromatic carbocycles. The van der Waals surface area contributed by atoms with Gasteiger partial charge < -0.3 is 10.2 Å². The molecular weight excluding hydrogens is 234 g/mol. The van der Waals surface area contributed by atoms with Crippen LogP contribution in [0, 0.1) is 6.92 Å². The van der Waals surface area contributed by atoms with Crippen LogP contribution in [-0.2, 0) is 6.54 Å². The van der Waals surface area contributed by atoms with Crippen LogP contribution in [0.1, 0.15) is 43.2 Å². The molecule has 0 spiro atoms. The highest BCUT2D eigenvalue weighted by molar-refractivity contribution is 5.21. The van der Waals surface area contributed by atoms with Crippen molar-refractivity contribution in [2.45, 2.75) is 63.7 Å². The molecule has 2 atom stereocenters. The topological polar surface area (TPSA) is 28.2 Å². The monoisotopic (exact) mass is 259 g/mol. The Balaban J connectivity index is 1.58. The molecule has 3 nitrogen and oxygen atoms in total. The smallest absolute Gasteiger partial charge is 0.0315 e. The van der Waals surface area contributed by atoms with Gasteiger partial charge in [-0.2, -0.15) is 0 Å². The molecule has 3 rings (SSSR count). The van der Waals surface area contributed by atoms with Crippen molar-refractivity contribution in [1.29, 1.82) is 0 Å². The SMILES string of the molecule is Cc1ccncc1CNC1CC2CCCC(C1)N2C. The van der Waals surface area contributed by atoms with Gasteiger partial charge in [0.25, 0.3) is 0 Å². The zero-order chi connectivity index (χ0) is 13.2. The molecule has 2 aliphatic heterocycles. The fourth-order valence-corrected chi connectivity index (χ4v) is 3.72. The van der Waals surface area contributed by atoms with Gasteiger partial charge in [-0.15, -0.1) is 0 Å². The van der Waals surface area contributed by atoms with Gasteiger partial charge >= 0.3 is 0 Å². The molecule has 0 amide bonds. The fraction of sp³-hybridized carbons (Fsp3) is 0.688. The molecule has 2 fully saturated rings. The number of hydrogen-bond donors (Lipinski definition) is 1. The van der Waals surface area contributed by atoms with E-state index in [2.05, 4.69) is 35.2 Å². The Bertz CT molecular complexity index is 418. The first-order valence-electron chi connectivity index (χ1n) is 7.59. The first kappa shape index (κ1) is 13.1. The summed E-state index contributed by atoms with van der Waals surface area (Å²) in [6, 6.07) is 4.39. The quantitative estimate of drug-likeness (QED) is 0.904. The van der Waals surface area contributed by atoms with E-state index >= 15 is 0 Å². The molecule has 104 valence electrons. The first-order valence-corrected chi connectivity index (χ1v) is 7.59. The van der Waals surface area contributed by atoms with Gasteiger partial charge in [0.2, 0.25) is 0 Å². The molecule has 2 aliphatic rings. The molecule has 1 N–H and O–H groups in total. The van der Waals surface area contributed by atoms with Gasteiger partial charge in [-0.3, -0.25) is 4.98 Å². The van der Waals surface area contributed by atoms with E-state index < -0.39 is 0 Å². The zero-order valence-electron chi connectivity index (χ0n) is 12.1. The number of aromatic nitrogens is 1.